The Morgan fingerprint density at radius 2 is 2.22 bits per heavy atom. The first-order valence-electron chi connectivity index (χ1n) is 5.90. The van der Waals surface area contributed by atoms with Crippen molar-refractivity contribution in [3.63, 3.8) is 0 Å². The van der Waals surface area contributed by atoms with Gasteiger partial charge in [-0.15, -0.1) is 0 Å². The van der Waals surface area contributed by atoms with Crippen LogP contribution in [0.3, 0.4) is 0 Å². The molecule has 2 N–H and O–H groups in total. The Morgan fingerprint density at radius 3 is 2.78 bits per heavy atom. The number of amides is 2. The number of methoxy groups -OCH3 is 1. The zero-order valence-electron chi connectivity index (χ0n) is 10.7. The summed E-state index contributed by atoms with van der Waals surface area (Å²) in [6, 6.07) is -0.213. The van der Waals surface area contributed by atoms with E-state index in [2.05, 4.69) is 5.32 Å². The van der Waals surface area contributed by atoms with Gasteiger partial charge in [0, 0.05) is 27.2 Å². The van der Waals surface area contributed by atoms with E-state index < -0.39 is 12.1 Å². The number of aliphatic carboxylic acids is 1. The van der Waals surface area contributed by atoms with Gasteiger partial charge < -0.3 is 24.8 Å². The lowest BCUT2D eigenvalue weighted by molar-refractivity contribution is -0.149. The topological polar surface area (TPSA) is 88.1 Å². The summed E-state index contributed by atoms with van der Waals surface area (Å²) in [5.74, 6) is -0.943. The van der Waals surface area contributed by atoms with E-state index in [-0.39, 0.29) is 12.1 Å². The number of carboxylic acid groups (broad SMARTS) is 1. The van der Waals surface area contributed by atoms with Gasteiger partial charge in [-0.25, -0.2) is 9.59 Å². The summed E-state index contributed by atoms with van der Waals surface area (Å²) in [4.78, 5) is 23.8. The molecule has 7 heteroatoms. The maximum Gasteiger partial charge on any atom is 0.332 e. The van der Waals surface area contributed by atoms with Crippen LogP contribution in [-0.4, -0.2) is 68.1 Å². The summed E-state index contributed by atoms with van der Waals surface area (Å²) in [7, 11) is 3.24. The SMILES string of the molecule is COCCN(C)C(=O)NCC1CCC(C(=O)O)O1. The molecule has 18 heavy (non-hydrogen) atoms. The third-order valence-corrected chi connectivity index (χ3v) is 2.84. The van der Waals surface area contributed by atoms with Gasteiger partial charge in [0.1, 0.15) is 0 Å². The predicted octanol–water partition coefficient (Wildman–Crippen LogP) is -0.0936. The molecule has 104 valence electrons. The second-order valence-electron chi connectivity index (χ2n) is 4.26. The van der Waals surface area contributed by atoms with E-state index in [4.69, 9.17) is 14.6 Å². The summed E-state index contributed by atoms with van der Waals surface area (Å²) in [5.41, 5.74) is 0. The first kappa shape index (κ1) is 14.7. The third-order valence-electron chi connectivity index (χ3n) is 2.84. The zero-order chi connectivity index (χ0) is 13.5. The number of nitrogens with zero attached hydrogens (tertiary/aromatic N) is 1. The van der Waals surface area contributed by atoms with Gasteiger partial charge in [0.15, 0.2) is 6.10 Å². The van der Waals surface area contributed by atoms with Gasteiger partial charge in [0.25, 0.3) is 0 Å². The van der Waals surface area contributed by atoms with Crippen LogP contribution in [0, 0.1) is 0 Å². The lowest BCUT2D eigenvalue weighted by Gasteiger charge is -2.19. The number of likely N-dealkylation sites (N-methyl/N-ethyl adjacent to an activating group) is 1. The van der Waals surface area contributed by atoms with Crippen LogP contribution in [0.25, 0.3) is 0 Å². The van der Waals surface area contributed by atoms with Gasteiger partial charge in [-0.3, -0.25) is 0 Å². The maximum absolute atomic E-state index is 11.6. The largest absolute Gasteiger partial charge is 0.479 e. The number of carbonyl (C=O) groups excluding carboxylic acids is 1. The van der Waals surface area contributed by atoms with Crippen molar-refractivity contribution >= 4 is 12.0 Å². The van der Waals surface area contributed by atoms with Crippen molar-refractivity contribution in [2.24, 2.45) is 0 Å². The number of nitrogens with one attached hydrogen (secondary N) is 1. The Hall–Kier alpha value is -1.34. The number of carboxylic acids is 1. The molecule has 2 unspecified atom stereocenters. The highest BCUT2D eigenvalue weighted by atomic mass is 16.5. The third kappa shape index (κ3) is 4.50. The van der Waals surface area contributed by atoms with Gasteiger partial charge >= 0.3 is 12.0 Å². The van der Waals surface area contributed by atoms with Gasteiger partial charge in [0.05, 0.1) is 12.7 Å². The smallest absolute Gasteiger partial charge is 0.332 e. The molecule has 1 rings (SSSR count). The van der Waals surface area contributed by atoms with Crippen molar-refractivity contribution in [1.29, 1.82) is 0 Å². The highest BCUT2D eigenvalue weighted by molar-refractivity contribution is 5.74. The molecule has 7 nitrogen and oxygen atoms in total. The van der Waals surface area contributed by atoms with Crippen LogP contribution in [0.5, 0.6) is 0 Å². The molecule has 2 amide bonds. The second-order valence-corrected chi connectivity index (χ2v) is 4.26. The molecule has 1 aliphatic heterocycles. The monoisotopic (exact) mass is 260 g/mol. The Bertz CT molecular complexity index is 297. The highest BCUT2D eigenvalue weighted by Crippen LogP contribution is 2.19. The number of hydrogen-bond acceptors (Lipinski definition) is 4. The predicted molar refractivity (Wildman–Crippen MR) is 63.4 cm³/mol. The molecule has 0 radical (unpaired) electrons. The Labute approximate surface area is 106 Å². The summed E-state index contributed by atoms with van der Waals surface area (Å²) >= 11 is 0. The van der Waals surface area contributed by atoms with Crippen molar-refractivity contribution < 1.29 is 24.2 Å². The highest BCUT2D eigenvalue weighted by Gasteiger charge is 2.30. The molecule has 1 saturated heterocycles. The standard InChI is InChI=1S/C11H20N2O5/c1-13(5-6-17-2)11(16)12-7-8-3-4-9(18-8)10(14)15/h8-9H,3-7H2,1-2H3,(H,12,16)(H,14,15). The molecule has 0 bridgehead atoms. The number of rotatable bonds is 6. The van der Waals surface area contributed by atoms with Crippen LogP contribution in [-0.2, 0) is 14.3 Å². The molecule has 0 aliphatic carbocycles. The van der Waals surface area contributed by atoms with Gasteiger partial charge in [-0.05, 0) is 12.8 Å². The fraction of sp³-hybridized carbons (Fsp3) is 0.818. The quantitative estimate of drug-likeness (QED) is 0.696. The minimum atomic E-state index is -0.943. The van der Waals surface area contributed by atoms with Crippen molar-refractivity contribution in [3.8, 4) is 0 Å². The van der Waals surface area contributed by atoms with Crippen molar-refractivity contribution in [2.45, 2.75) is 25.0 Å². The van der Waals surface area contributed by atoms with Crippen LogP contribution < -0.4 is 5.32 Å². The summed E-state index contributed by atoms with van der Waals surface area (Å²) in [5, 5.41) is 11.5. The van der Waals surface area contributed by atoms with E-state index in [0.717, 1.165) is 0 Å². The summed E-state index contributed by atoms with van der Waals surface area (Å²) in [6.45, 7) is 1.32. The number of ether oxygens (including phenoxy) is 2. The van der Waals surface area contributed by atoms with E-state index >= 15 is 0 Å². The molecule has 1 heterocycles. The van der Waals surface area contributed by atoms with Crippen LogP contribution in [0.4, 0.5) is 4.79 Å². The van der Waals surface area contributed by atoms with Gasteiger partial charge in [0.2, 0.25) is 0 Å². The fourth-order valence-corrected chi connectivity index (χ4v) is 1.70. The van der Waals surface area contributed by atoms with E-state index in [9.17, 15) is 9.59 Å². The van der Waals surface area contributed by atoms with Crippen molar-refractivity contribution in [2.75, 3.05) is 33.9 Å². The first-order chi connectivity index (χ1) is 8.54. The van der Waals surface area contributed by atoms with Gasteiger partial charge in [-0.1, -0.05) is 0 Å². The van der Waals surface area contributed by atoms with Gasteiger partial charge in [-0.2, -0.15) is 0 Å². The zero-order valence-corrected chi connectivity index (χ0v) is 10.7. The molecule has 1 aliphatic rings. The fourth-order valence-electron chi connectivity index (χ4n) is 1.70. The van der Waals surface area contributed by atoms with Crippen molar-refractivity contribution in [3.05, 3.63) is 0 Å². The number of urea groups is 1. The van der Waals surface area contributed by atoms with E-state index in [0.29, 0.717) is 32.5 Å². The Kier molecular flexibility index (Phi) is 5.87. The lowest BCUT2D eigenvalue weighted by Crippen LogP contribution is -2.42. The van der Waals surface area contributed by atoms with E-state index in [1.54, 1.807) is 14.2 Å². The first-order valence-corrected chi connectivity index (χ1v) is 5.90. The number of hydrogen-bond donors (Lipinski definition) is 2. The summed E-state index contributed by atoms with van der Waals surface area (Å²) < 4.78 is 10.1. The maximum atomic E-state index is 11.6. The minimum Gasteiger partial charge on any atom is -0.479 e. The number of carbonyl (C=O) groups is 2. The second kappa shape index (κ2) is 7.17. The van der Waals surface area contributed by atoms with Crippen LogP contribution in [0.2, 0.25) is 0 Å². The molecule has 1 fully saturated rings. The molecule has 0 spiro atoms. The normalized spacial score (nSPS) is 22.8. The van der Waals surface area contributed by atoms with Crippen LogP contribution >= 0.6 is 0 Å². The average Bonchev–Trinajstić information content (AvgIpc) is 2.81. The summed E-state index contributed by atoms with van der Waals surface area (Å²) in [6.07, 6.45) is 0.193. The van der Waals surface area contributed by atoms with Crippen LogP contribution in [0.1, 0.15) is 12.8 Å². The molecule has 0 aromatic heterocycles. The molecule has 0 aromatic carbocycles. The van der Waals surface area contributed by atoms with Crippen LogP contribution in [0.15, 0.2) is 0 Å². The molecular weight excluding hydrogens is 240 g/mol. The average molecular weight is 260 g/mol. The van der Waals surface area contributed by atoms with E-state index in [1.807, 2.05) is 0 Å². The molecule has 0 saturated carbocycles. The van der Waals surface area contributed by atoms with Crippen molar-refractivity contribution in [1.82, 2.24) is 10.2 Å². The Morgan fingerprint density at radius 1 is 1.50 bits per heavy atom. The molecule has 2 atom stereocenters. The lowest BCUT2D eigenvalue weighted by atomic mass is 10.2. The Balaban J connectivity index is 2.21. The molecule has 0 aromatic rings. The minimum absolute atomic E-state index is 0.213. The van der Waals surface area contributed by atoms with E-state index in [1.165, 1.54) is 4.90 Å². The molecular formula is C11H20N2O5.